The summed E-state index contributed by atoms with van der Waals surface area (Å²) in [7, 11) is 0. The number of carbonyl (C=O) groups is 1. The van der Waals surface area contributed by atoms with Gasteiger partial charge in [-0.3, -0.25) is 9.36 Å². The van der Waals surface area contributed by atoms with Crippen molar-refractivity contribution in [2.75, 3.05) is 6.54 Å². The molecular formula is C20H23N5OS. The largest absolute Gasteiger partial charge is 0.329 e. The third-order valence-electron chi connectivity index (χ3n) is 4.98. The number of aromatic nitrogens is 4. The third kappa shape index (κ3) is 3.27. The number of amides is 1. The number of thiazole rings is 1. The van der Waals surface area contributed by atoms with Crippen molar-refractivity contribution in [1.82, 2.24) is 24.4 Å². The van der Waals surface area contributed by atoms with Gasteiger partial charge in [0.05, 0.1) is 22.9 Å². The molecule has 27 heavy (non-hydrogen) atoms. The first kappa shape index (κ1) is 17.9. The molecule has 1 aliphatic heterocycles. The van der Waals surface area contributed by atoms with Crippen LogP contribution < -0.4 is 0 Å². The molecule has 7 heteroatoms. The second-order valence-corrected chi connectivity index (χ2v) is 8.01. The van der Waals surface area contributed by atoms with E-state index < -0.39 is 0 Å². The molecule has 3 aromatic heterocycles. The minimum atomic E-state index is 0.00460. The van der Waals surface area contributed by atoms with Gasteiger partial charge >= 0.3 is 0 Å². The standard InChI is InChI=1S/C20H23N5OS/c1-13(2)19-21-9-11-25(19)17-8-4-6-15(23-17)16-7-5-10-24(16)20(26)18-14(3)22-12-27-18/h4,6,8-9,11-13,16H,5,7,10H2,1-3H3/t16-/m0/s1. The van der Waals surface area contributed by atoms with Crippen LogP contribution in [0.3, 0.4) is 0 Å². The van der Waals surface area contributed by atoms with Gasteiger partial charge in [0, 0.05) is 24.9 Å². The topological polar surface area (TPSA) is 63.9 Å². The van der Waals surface area contributed by atoms with Crippen molar-refractivity contribution in [3.05, 3.63) is 58.2 Å². The Bertz CT molecular complexity index is 961. The maximum Gasteiger partial charge on any atom is 0.266 e. The molecule has 4 heterocycles. The summed E-state index contributed by atoms with van der Waals surface area (Å²) in [5.41, 5.74) is 3.47. The minimum Gasteiger partial charge on any atom is -0.329 e. The first-order valence-electron chi connectivity index (χ1n) is 9.28. The fourth-order valence-electron chi connectivity index (χ4n) is 3.65. The Morgan fingerprint density at radius 2 is 2.15 bits per heavy atom. The molecule has 0 unspecified atom stereocenters. The van der Waals surface area contributed by atoms with Gasteiger partial charge in [-0.15, -0.1) is 11.3 Å². The molecule has 1 amide bonds. The molecule has 1 atom stereocenters. The number of pyridine rings is 1. The Hall–Kier alpha value is -2.54. The number of hydrogen-bond acceptors (Lipinski definition) is 5. The molecule has 0 aromatic carbocycles. The molecule has 0 bridgehead atoms. The monoisotopic (exact) mass is 381 g/mol. The molecular weight excluding hydrogens is 358 g/mol. The van der Waals surface area contributed by atoms with Crippen molar-refractivity contribution >= 4 is 17.2 Å². The van der Waals surface area contributed by atoms with E-state index in [4.69, 9.17) is 4.98 Å². The number of likely N-dealkylation sites (tertiary alicyclic amines) is 1. The smallest absolute Gasteiger partial charge is 0.266 e. The molecule has 0 N–H and O–H groups in total. The molecule has 4 rings (SSSR count). The summed E-state index contributed by atoms with van der Waals surface area (Å²) in [5, 5.41) is 0. The Morgan fingerprint density at radius 1 is 1.30 bits per heavy atom. The zero-order chi connectivity index (χ0) is 19.0. The fraction of sp³-hybridized carbons (Fsp3) is 0.400. The first-order chi connectivity index (χ1) is 13.1. The maximum absolute atomic E-state index is 13.0. The van der Waals surface area contributed by atoms with Crippen LogP contribution in [0.5, 0.6) is 0 Å². The number of nitrogens with zero attached hydrogens (tertiary/aromatic N) is 5. The number of rotatable bonds is 4. The zero-order valence-corrected chi connectivity index (χ0v) is 16.6. The van der Waals surface area contributed by atoms with Crippen LogP contribution in [-0.4, -0.2) is 36.9 Å². The van der Waals surface area contributed by atoms with Gasteiger partial charge in [-0.25, -0.2) is 15.0 Å². The van der Waals surface area contributed by atoms with Crippen LogP contribution in [0.4, 0.5) is 0 Å². The van der Waals surface area contributed by atoms with Crippen LogP contribution in [0.2, 0.25) is 0 Å². The Labute approximate surface area is 162 Å². The molecule has 0 aliphatic carbocycles. The molecule has 0 radical (unpaired) electrons. The number of imidazole rings is 1. The fourth-order valence-corrected chi connectivity index (χ4v) is 4.41. The van der Waals surface area contributed by atoms with Gasteiger partial charge in [-0.2, -0.15) is 0 Å². The Morgan fingerprint density at radius 3 is 2.89 bits per heavy atom. The highest BCUT2D eigenvalue weighted by Crippen LogP contribution is 2.33. The highest BCUT2D eigenvalue weighted by Gasteiger charge is 2.33. The summed E-state index contributed by atoms with van der Waals surface area (Å²) in [6.07, 6.45) is 5.67. The number of hydrogen-bond donors (Lipinski definition) is 0. The summed E-state index contributed by atoms with van der Waals surface area (Å²) in [6.45, 7) is 6.89. The van der Waals surface area contributed by atoms with E-state index >= 15 is 0 Å². The van der Waals surface area contributed by atoms with E-state index in [9.17, 15) is 4.79 Å². The molecule has 0 spiro atoms. The van der Waals surface area contributed by atoms with Crippen molar-refractivity contribution in [3.63, 3.8) is 0 Å². The molecule has 6 nitrogen and oxygen atoms in total. The Balaban J connectivity index is 1.66. The lowest BCUT2D eigenvalue weighted by Crippen LogP contribution is -2.31. The minimum absolute atomic E-state index is 0.00460. The van der Waals surface area contributed by atoms with Crippen molar-refractivity contribution in [1.29, 1.82) is 0 Å². The summed E-state index contributed by atoms with van der Waals surface area (Å²) in [6, 6.07) is 6.03. The van der Waals surface area contributed by atoms with Crippen molar-refractivity contribution < 1.29 is 4.79 Å². The molecule has 3 aromatic rings. The van der Waals surface area contributed by atoms with Crippen LogP contribution in [0, 0.1) is 6.92 Å². The molecule has 0 saturated carbocycles. The van der Waals surface area contributed by atoms with Crippen LogP contribution >= 0.6 is 11.3 Å². The Kier molecular flexibility index (Phi) is 4.78. The number of aryl methyl sites for hydroxylation is 1. The quantitative estimate of drug-likeness (QED) is 0.681. The normalized spacial score (nSPS) is 17.0. The average molecular weight is 382 g/mol. The lowest BCUT2D eigenvalue weighted by atomic mass is 10.1. The predicted octanol–water partition coefficient (Wildman–Crippen LogP) is 4.13. The predicted molar refractivity (Wildman–Crippen MR) is 105 cm³/mol. The van der Waals surface area contributed by atoms with E-state index in [1.54, 1.807) is 5.51 Å². The van der Waals surface area contributed by atoms with Crippen molar-refractivity contribution in [2.45, 2.75) is 45.6 Å². The second kappa shape index (κ2) is 7.23. The van der Waals surface area contributed by atoms with E-state index in [-0.39, 0.29) is 11.9 Å². The number of carbonyl (C=O) groups excluding carboxylic acids is 1. The molecule has 1 aliphatic rings. The highest BCUT2D eigenvalue weighted by molar-refractivity contribution is 7.11. The molecule has 1 fully saturated rings. The lowest BCUT2D eigenvalue weighted by molar-refractivity contribution is 0.0737. The van der Waals surface area contributed by atoms with E-state index in [1.165, 1.54) is 11.3 Å². The summed E-state index contributed by atoms with van der Waals surface area (Å²) >= 11 is 1.41. The average Bonchev–Trinajstić information content (AvgIpc) is 3.41. The van der Waals surface area contributed by atoms with Crippen molar-refractivity contribution in [3.8, 4) is 5.82 Å². The van der Waals surface area contributed by atoms with Crippen LogP contribution in [0.25, 0.3) is 5.82 Å². The van der Waals surface area contributed by atoms with E-state index in [2.05, 4.69) is 23.8 Å². The SMILES string of the molecule is Cc1ncsc1C(=O)N1CCC[C@H]1c1cccc(-n2ccnc2C(C)C)n1. The van der Waals surface area contributed by atoms with Gasteiger partial charge < -0.3 is 4.90 Å². The van der Waals surface area contributed by atoms with Gasteiger partial charge in [0.1, 0.15) is 16.5 Å². The van der Waals surface area contributed by atoms with E-state index in [0.717, 1.165) is 47.3 Å². The van der Waals surface area contributed by atoms with Gasteiger partial charge in [0.2, 0.25) is 0 Å². The van der Waals surface area contributed by atoms with Crippen LogP contribution in [0.15, 0.2) is 36.1 Å². The summed E-state index contributed by atoms with van der Waals surface area (Å²) in [5.74, 6) is 2.21. The molecule has 1 saturated heterocycles. The zero-order valence-electron chi connectivity index (χ0n) is 15.8. The van der Waals surface area contributed by atoms with E-state index in [1.807, 2.05) is 47.0 Å². The molecule has 140 valence electrons. The highest BCUT2D eigenvalue weighted by atomic mass is 32.1. The van der Waals surface area contributed by atoms with Crippen LogP contribution in [-0.2, 0) is 0 Å². The van der Waals surface area contributed by atoms with Gasteiger partial charge in [-0.1, -0.05) is 19.9 Å². The van der Waals surface area contributed by atoms with Crippen molar-refractivity contribution in [2.24, 2.45) is 0 Å². The van der Waals surface area contributed by atoms with Crippen LogP contribution in [0.1, 0.15) is 65.5 Å². The maximum atomic E-state index is 13.0. The summed E-state index contributed by atoms with van der Waals surface area (Å²) in [4.78, 5) is 29.3. The van der Waals surface area contributed by atoms with E-state index in [0.29, 0.717) is 5.92 Å². The third-order valence-corrected chi connectivity index (χ3v) is 5.90. The summed E-state index contributed by atoms with van der Waals surface area (Å²) < 4.78 is 2.03. The van der Waals surface area contributed by atoms with Gasteiger partial charge in [0.25, 0.3) is 5.91 Å². The van der Waals surface area contributed by atoms with Gasteiger partial charge in [-0.05, 0) is 31.9 Å². The lowest BCUT2D eigenvalue weighted by Gasteiger charge is -2.24. The first-order valence-corrected chi connectivity index (χ1v) is 10.2. The van der Waals surface area contributed by atoms with Gasteiger partial charge in [0.15, 0.2) is 0 Å². The second-order valence-electron chi connectivity index (χ2n) is 7.15.